The van der Waals surface area contributed by atoms with E-state index in [0.717, 1.165) is 23.1 Å². The molecule has 0 atom stereocenters. The number of ether oxygens (including phenoxy) is 1. The summed E-state index contributed by atoms with van der Waals surface area (Å²) >= 11 is 3.36. The zero-order chi connectivity index (χ0) is 13.7. The summed E-state index contributed by atoms with van der Waals surface area (Å²) in [5.74, 6) is 1.19. The molecule has 1 aliphatic carbocycles. The number of carbonyl (C=O) groups is 1. The van der Waals surface area contributed by atoms with Crippen molar-refractivity contribution in [2.45, 2.75) is 25.4 Å². The Morgan fingerprint density at radius 2 is 2.26 bits per heavy atom. The molecule has 0 unspecified atom stereocenters. The summed E-state index contributed by atoms with van der Waals surface area (Å²) in [6.07, 6.45) is 1.78. The molecule has 0 radical (unpaired) electrons. The Hall–Kier alpha value is -1.07. The lowest BCUT2D eigenvalue weighted by molar-refractivity contribution is -0.122. The second-order valence-electron chi connectivity index (χ2n) is 4.85. The smallest absolute Gasteiger partial charge is 0.223 e. The first-order valence-electron chi connectivity index (χ1n) is 6.46. The van der Waals surface area contributed by atoms with Gasteiger partial charge in [-0.1, -0.05) is 22.0 Å². The minimum absolute atomic E-state index is 0.00335. The zero-order valence-corrected chi connectivity index (χ0v) is 12.2. The molecule has 1 amide bonds. The van der Waals surface area contributed by atoms with Crippen LogP contribution in [-0.2, 0) is 4.79 Å². The quantitative estimate of drug-likeness (QED) is 0.841. The average Bonchev–Trinajstić information content (AvgIpc) is 2.33. The monoisotopic (exact) mass is 327 g/mol. The van der Waals surface area contributed by atoms with Gasteiger partial charge in [-0.15, -0.1) is 0 Å². The Morgan fingerprint density at radius 3 is 2.95 bits per heavy atom. The van der Waals surface area contributed by atoms with Crippen LogP contribution in [0, 0.1) is 5.92 Å². The van der Waals surface area contributed by atoms with E-state index in [4.69, 9.17) is 9.84 Å². The average molecular weight is 328 g/mol. The highest BCUT2D eigenvalue weighted by molar-refractivity contribution is 9.10. The molecule has 0 spiro atoms. The standard InChI is InChI=1S/C14H18BrNO3/c15-11-2-1-3-13(8-11)19-5-4-14(18)16-9-10-6-12(17)7-10/h1-3,8,10,12,17H,4-7,9H2,(H,16,18). The molecule has 1 saturated carbocycles. The van der Waals surface area contributed by atoms with E-state index in [1.165, 1.54) is 0 Å². The molecule has 1 aromatic rings. The van der Waals surface area contributed by atoms with Crippen LogP contribution in [0.4, 0.5) is 0 Å². The van der Waals surface area contributed by atoms with Crippen LogP contribution in [0.25, 0.3) is 0 Å². The maximum atomic E-state index is 11.6. The molecule has 0 bridgehead atoms. The molecule has 1 aromatic carbocycles. The molecular formula is C14H18BrNO3. The van der Waals surface area contributed by atoms with Crippen LogP contribution in [0.3, 0.4) is 0 Å². The lowest BCUT2D eigenvalue weighted by atomic mass is 9.82. The van der Waals surface area contributed by atoms with Crippen molar-refractivity contribution in [2.75, 3.05) is 13.2 Å². The van der Waals surface area contributed by atoms with Gasteiger partial charge >= 0.3 is 0 Å². The van der Waals surface area contributed by atoms with E-state index in [-0.39, 0.29) is 12.0 Å². The van der Waals surface area contributed by atoms with Crippen molar-refractivity contribution >= 4 is 21.8 Å². The van der Waals surface area contributed by atoms with Crippen molar-refractivity contribution in [3.63, 3.8) is 0 Å². The summed E-state index contributed by atoms with van der Waals surface area (Å²) in [7, 11) is 0. The van der Waals surface area contributed by atoms with E-state index in [1.807, 2.05) is 24.3 Å². The van der Waals surface area contributed by atoms with Gasteiger partial charge in [-0.3, -0.25) is 4.79 Å². The van der Waals surface area contributed by atoms with E-state index in [0.29, 0.717) is 25.5 Å². The molecule has 5 heteroatoms. The SMILES string of the molecule is O=C(CCOc1cccc(Br)c1)NCC1CC(O)C1. The van der Waals surface area contributed by atoms with Gasteiger partial charge in [0.25, 0.3) is 0 Å². The number of hydrogen-bond acceptors (Lipinski definition) is 3. The molecule has 1 aliphatic rings. The summed E-state index contributed by atoms with van der Waals surface area (Å²) in [6, 6.07) is 7.54. The molecule has 0 saturated heterocycles. The van der Waals surface area contributed by atoms with Crippen molar-refractivity contribution in [3.8, 4) is 5.75 Å². The number of carbonyl (C=O) groups excluding carboxylic acids is 1. The zero-order valence-electron chi connectivity index (χ0n) is 10.6. The van der Waals surface area contributed by atoms with Gasteiger partial charge in [0.2, 0.25) is 5.91 Å². The predicted molar refractivity (Wildman–Crippen MR) is 76.0 cm³/mol. The first kappa shape index (κ1) is 14.3. The fourth-order valence-electron chi connectivity index (χ4n) is 2.03. The number of hydrogen-bond donors (Lipinski definition) is 2. The van der Waals surface area contributed by atoms with E-state index in [2.05, 4.69) is 21.2 Å². The molecule has 0 heterocycles. The number of amides is 1. The lowest BCUT2D eigenvalue weighted by Gasteiger charge is -2.31. The number of rotatable bonds is 6. The molecule has 4 nitrogen and oxygen atoms in total. The van der Waals surface area contributed by atoms with Gasteiger partial charge in [-0.25, -0.2) is 0 Å². The molecule has 19 heavy (non-hydrogen) atoms. The van der Waals surface area contributed by atoms with Gasteiger partial charge in [-0.2, -0.15) is 0 Å². The Morgan fingerprint density at radius 1 is 1.47 bits per heavy atom. The maximum Gasteiger partial charge on any atom is 0.223 e. The second-order valence-corrected chi connectivity index (χ2v) is 5.77. The third-order valence-electron chi connectivity index (χ3n) is 3.19. The molecule has 2 rings (SSSR count). The molecule has 1 fully saturated rings. The Labute approximate surface area is 121 Å². The Balaban J connectivity index is 1.58. The van der Waals surface area contributed by atoms with E-state index in [1.54, 1.807) is 0 Å². The van der Waals surface area contributed by atoms with E-state index >= 15 is 0 Å². The first-order valence-corrected chi connectivity index (χ1v) is 7.26. The van der Waals surface area contributed by atoms with Crippen LogP contribution in [0.5, 0.6) is 5.75 Å². The van der Waals surface area contributed by atoms with Gasteiger partial charge in [0.1, 0.15) is 5.75 Å². The van der Waals surface area contributed by atoms with E-state index in [9.17, 15) is 4.79 Å². The minimum Gasteiger partial charge on any atom is -0.493 e. The molecule has 104 valence electrons. The second kappa shape index (κ2) is 6.91. The van der Waals surface area contributed by atoms with Crippen LogP contribution in [0.2, 0.25) is 0 Å². The van der Waals surface area contributed by atoms with Crippen molar-refractivity contribution < 1.29 is 14.6 Å². The van der Waals surface area contributed by atoms with Crippen molar-refractivity contribution in [3.05, 3.63) is 28.7 Å². The normalized spacial score (nSPS) is 21.6. The maximum absolute atomic E-state index is 11.6. The predicted octanol–water partition coefficient (Wildman–Crippen LogP) is 2.11. The van der Waals surface area contributed by atoms with Crippen molar-refractivity contribution in [1.82, 2.24) is 5.32 Å². The summed E-state index contributed by atoms with van der Waals surface area (Å²) in [4.78, 5) is 11.6. The van der Waals surface area contributed by atoms with Gasteiger partial charge in [0.05, 0.1) is 19.1 Å². The highest BCUT2D eigenvalue weighted by Crippen LogP contribution is 2.26. The van der Waals surface area contributed by atoms with Crippen molar-refractivity contribution in [2.24, 2.45) is 5.92 Å². The topological polar surface area (TPSA) is 58.6 Å². The van der Waals surface area contributed by atoms with E-state index < -0.39 is 0 Å². The lowest BCUT2D eigenvalue weighted by Crippen LogP contribution is -2.38. The van der Waals surface area contributed by atoms with Gasteiger partial charge in [0, 0.05) is 11.0 Å². The van der Waals surface area contributed by atoms with Crippen molar-refractivity contribution in [1.29, 1.82) is 0 Å². The summed E-state index contributed by atoms with van der Waals surface area (Å²) < 4.78 is 6.45. The molecule has 0 aliphatic heterocycles. The number of nitrogens with one attached hydrogen (secondary N) is 1. The van der Waals surface area contributed by atoms with Crippen LogP contribution >= 0.6 is 15.9 Å². The van der Waals surface area contributed by atoms with Crippen LogP contribution in [0.1, 0.15) is 19.3 Å². The van der Waals surface area contributed by atoms with Gasteiger partial charge in [0.15, 0.2) is 0 Å². The van der Waals surface area contributed by atoms with Crippen LogP contribution in [-0.4, -0.2) is 30.3 Å². The fourth-order valence-corrected chi connectivity index (χ4v) is 2.41. The highest BCUT2D eigenvalue weighted by atomic mass is 79.9. The number of aliphatic hydroxyl groups is 1. The number of benzene rings is 1. The third-order valence-corrected chi connectivity index (χ3v) is 3.69. The largest absolute Gasteiger partial charge is 0.493 e. The fraction of sp³-hybridized carbons (Fsp3) is 0.500. The highest BCUT2D eigenvalue weighted by Gasteiger charge is 2.26. The molecular weight excluding hydrogens is 310 g/mol. The first-order chi connectivity index (χ1) is 9.13. The Kier molecular flexibility index (Phi) is 5.22. The third kappa shape index (κ3) is 4.84. The van der Waals surface area contributed by atoms with Gasteiger partial charge < -0.3 is 15.2 Å². The summed E-state index contributed by atoms with van der Waals surface area (Å²) in [5, 5.41) is 12.0. The van der Waals surface area contributed by atoms with Crippen LogP contribution in [0.15, 0.2) is 28.7 Å². The molecule has 2 N–H and O–H groups in total. The Bertz CT molecular complexity index is 432. The summed E-state index contributed by atoms with van der Waals surface area (Å²) in [6.45, 7) is 1.03. The number of aliphatic hydroxyl groups excluding tert-OH is 1. The summed E-state index contributed by atoms with van der Waals surface area (Å²) in [5.41, 5.74) is 0. The number of halogens is 1. The minimum atomic E-state index is -0.165. The van der Waals surface area contributed by atoms with Gasteiger partial charge in [-0.05, 0) is 37.0 Å². The van der Waals surface area contributed by atoms with Crippen LogP contribution < -0.4 is 10.1 Å². The molecule has 0 aromatic heterocycles.